The maximum atomic E-state index is 12.6. The Kier molecular flexibility index (Phi) is 4.63. The maximum absolute atomic E-state index is 12.6. The molecular formula is C7H14FIN2. The van der Waals surface area contributed by atoms with Crippen LogP contribution in [-0.4, -0.2) is 37.3 Å². The molecule has 1 N–H and O–H groups in total. The van der Waals surface area contributed by atoms with Crippen molar-refractivity contribution in [2.24, 2.45) is 0 Å². The zero-order valence-corrected chi connectivity index (χ0v) is 8.68. The first-order chi connectivity index (χ1) is 5.33. The van der Waals surface area contributed by atoms with Crippen LogP contribution in [0.15, 0.2) is 0 Å². The Balaban J connectivity index is 2.07. The molecule has 0 amide bonds. The van der Waals surface area contributed by atoms with Gasteiger partial charge in [0, 0.05) is 49.0 Å². The molecule has 1 rings (SSSR count). The van der Waals surface area contributed by atoms with Crippen LogP contribution in [0.25, 0.3) is 0 Å². The van der Waals surface area contributed by atoms with Crippen molar-refractivity contribution < 1.29 is 4.39 Å². The third-order valence-electron chi connectivity index (χ3n) is 2.04. The van der Waals surface area contributed by atoms with Crippen molar-refractivity contribution >= 4 is 22.9 Å². The van der Waals surface area contributed by atoms with Gasteiger partial charge in [0.25, 0.3) is 0 Å². The van der Waals surface area contributed by atoms with E-state index in [9.17, 15) is 4.39 Å². The highest BCUT2D eigenvalue weighted by Gasteiger charge is 2.17. The first kappa shape index (κ1) is 9.67. The van der Waals surface area contributed by atoms with Crippen molar-refractivity contribution in [1.29, 1.82) is 0 Å². The predicted molar refractivity (Wildman–Crippen MR) is 52.6 cm³/mol. The summed E-state index contributed by atoms with van der Waals surface area (Å²) in [5, 5.41) is 0. The minimum absolute atomic E-state index is 0.543. The quantitative estimate of drug-likeness (QED) is 0.616. The average Bonchev–Trinajstić information content (AvgIpc) is 2.04. The molecule has 0 aliphatic carbocycles. The fourth-order valence-corrected chi connectivity index (χ4v) is 1.57. The zero-order valence-electron chi connectivity index (χ0n) is 6.52. The number of alkyl halides is 1. The lowest BCUT2D eigenvalue weighted by atomic mass is 10.1. The smallest absolute Gasteiger partial charge is 0.103 e. The fraction of sp³-hybridized carbons (Fsp3) is 1.00. The molecule has 0 spiro atoms. The molecule has 1 saturated heterocycles. The van der Waals surface area contributed by atoms with Crippen molar-refractivity contribution in [1.82, 2.24) is 8.43 Å². The van der Waals surface area contributed by atoms with Crippen LogP contribution in [0.1, 0.15) is 12.8 Å². The van der Waals surface area contributed by atoms with Gasteiger partial charge >= 0.3 is 0 Å². The summed E-state index contributed by atoms with van der Waals surface area (Å²) in [4.78, 5) is 2.31. The lowest BCUT2D eigenvalue weighted by Crippen LogP contribution is -2.37. The van der Waals surface area contributed by atoms with Crippen molar-refractivity contribution in [2.75, 3.05) is 26.2 Å². The third kappa shape index (κ3) is 3.66. The molecular weight excluding hydrogens is 258 g/mol. The second-order valence-electron chi connectivity index (χ2n) is 2.90. The second kappa shape index (κ2) is 5.27. The zero-order chi connectivity index (χ0) is 8.10. The fourth-order valence-electron chi connectivity index (χ4n) is 1.33. The molecule has 0 radical (unpaired) electrons. The number of nitrogens with one attached hydrogen (secondary N) is 1. The van der Waals surface area contributed by atoms with Crippen LogP contribution < -0.4 is 3.53 Å². The van der Waals surface area contributed by atoms with E-state index < -0.39 is 6.17 Å². The Bertz CT molecular complexity index is 102. The molecule has 0 unspecified atom stereocenters. The van der Waals surface area contributed by atoms with Crippen LogP contribution >= 0.6 is 22.9 Å². The predicted octanol–water partition coefficient (Wildman–Crippen LogP) is 1.36. The number of likely N-dealkylation sites (tertiary alicyclic amines) is 1. The third-order valence-corrected chi connectivity index (χ3v) is 2.58. The second-order valence-corrected chi connectivity index (χ2v) is 3.66. The van der Waals surface area contributed by atoms with Crippen molar-refractivity contribution in [3.8, 4) is 0 Å². The molecule has 0 atom stereocenters. The molecule has 4 heteroatoms. The van der Waals surface area contributed by atoms with Gasteiger partial charge in [0.05, 0.1) is 0 Å². The molecule has 0 bridgehead atoms. The van der Waals surface area contributed by atoms with Gasteiger partial charge in [-0.3, -0.25) is 3.53 Å². The van der Waals surface area contributed by atoms with Gasteiger partial charge in [-0.2, -0.15) is 0 Å². The minimum Gasteiger partial charge on any atom is -0.302 e. The Morgan fingerprint density at radius 3 is 2.64 bits per heavy atom. The molecule has 0 aromatic carbocycles. The van der Waals surface area contributed by atoms with Gasteiger partial charge < -0.3 is 4.90 Å². The number of halogens is 2. The summed E-state index contributed by atoms with van der Waals surface area (Å²) in [7, 11) is 0. The van der Waals surface area contributed by atoms with Gasteiger partial charge in [-0.25, -0.2) is 4.39 Å². The number of hydrogen-bond donors (Lipinski definition) is 1. The summed E-state index contributed by atoms with van der Waals surface area (Å²) in [6, 6.07) is 0. The van der Waals surface area contributed by atoms with Gasteiger partial charge in [0.2, 0.25) is 0 Å². The van der Waals surface area contributed by atoms with Crippen LogP contribution in [0.4, 0.5) is 4.39 Å². The van der Waals surface area contributed by atoms with E-state index in [1.165, 1.54) is 0 Å². The lowest BCUT2D eigenvalue weighted by molar-refractivity contribution is 0.153. The molecule has 1 aliphatic heterocycles. The number of rotatable bonds is 3. The summed E-state index contributed by atoms with van der Waals surface area (Å²) in [6.45, 7) is 3.91. The van der Waals surface area contributed by atoms with Crippen molar-refractivity contribution in [3.63, 3.8) is 0 Å². The van der Waals surface area contributed by atoms with Gasteiger partial charge in [-0.05, 0) is 12.8 Å². The van der Waals surface area contributed by atoms with E-state index in [0.29, 0.717) is 0 Å². The van der Waals surface area contributed by atoms with Gasteiger partial charge in [-0.1, -0.05) is 0 Å². The highest BCUT2D eigenvalue weighted by Crippen LogP contribution is 2.12. The minimum atomic E-state index is -0.543. The van der Waals surface area contributed by atoms with E-state index in [1.807, 2.05) is 0 Å². The van der Waals surface area contributed by atoms with E-state index in [2.05, 4.69) is 31.3 Å². The first-order valence-electron chi connectivity index (χ1n) is 4.03. The Hall–Kier alpha value is 0.580. The number of hydrogen-bond acceptors (Lipinski definition) is 2. The van der Waals surface area contributed by atoms with Gasteiger partial charge in [0.15, 0.2) is 0 Å². The molecule has 0 saturated carbocycles. The van der Waals surface area contributed by atoms with Crippen LogP contribution in [-0.2, 0) is 0 Å². The van der Waals surface area contributed by atoms with Crippen molar-refractivity contribution in [3.05, 3.63) is 0 Å². The molecule has 0 aromatic heterocycles. The molecule has 2 nitrogen and oxygen atoms in total. The topological polar surface area (TPSA) is 15.3 Å². The first-order valence-corrected chi connectivity index (χ1v) is 5.10. The monoisotopic (exact) mass is 272 g/mol. The summed E-state index contributed by atoms with van der Waals surface area (Å²) in [5.41, 5.74) is 0. The van der Waals surface area contributed by atoms with Crippen LogP contribution in [0.3, 0.4) is 0 Å². The van der Waals surface area contributed by atoms with Gasteiger partial charge in [0.1, 0.15) is 6.17 Å². The largest absolute Gasteiger partial charge is 0.302 e. The van der Waals surface area contributed by atoms with Gasteiger partial charge in [-0.15, -0.1) is 0 Å². The number of nitrogens with zero attached hydrogens (tertiary/aromatic N) is 1. The van der Waals surface area contributed by atoms with Crippen LogP contribution in [0.5, 0.6) is 0 Å². The highest BCUT2D eigenvalue weighted by atomic mass is 127. The molecule has 0 aromatic rings. The summed E-state index contributed by atoms with van der Waals surface area (Å²) in [5.74, 6) is 0. The summed E-state index contributed by atoms with van der Waals surface area (Å²) >= 11 is 2.14. The lowest BCUT2D eigenvalue weighted by Gasteiger charge is -2.27. The van der Waals surface area contributed by atoms with E-state index in [-0.39, 0.29) is 0 Å². The normalized spacial score (nSPS) is 22.4. The van der Waals surface area contributed by atoms with E-state index in [1.54, 1.807) is 0 Å². The standard InChI is InChI=1S/C7H14FIN2/c8-7-1-4-11(5-2-7)6-3-10-9/h7,10H,1-6H2. The summed E-state index contributed by atoms with van der Waals surface area (Å²) < 4.78 is 15.7. The van der Waals surface area contributed by atoms with Crippen LogP contribution in [0.2, 0.25) is 0 Å². The molecule has 11 heavy (non-hydrogen) atoms. The Morgan fingerprint density at radius 1 is 1.45 bits per heavy atom. The Labute approximate surface area is 81.0 Å². The Morgan fingerprint density at radius 2 is 2.09 bits per heavy atom. The maximum Gasteiger partial charge on any atom is 0.103 e. The highest BCUT2D eigenvalue weighted by molar-refractivity contribution is 14.1. The van der Waals surface area contributed by atoms with Crippen LogP contribution in [0, 0.1) is 0 Å². The summed E-state index contributed by atoms with van der Waals surface area (Å²) in [6.07, 6.45) is 0.904. The van der Waals surface area contributed by atoms with E-state index in [0.717, 1.165) is 39.0 Å². The molecule has 1 fully saturated rings. The average molecular weight is 272 g/mol. The molecule has 1 aliphatic rings. The molecule has 1 heterocycles. The van der Waals surface area contributed by atoms with E-state index in [4.69, 9.17) is 0 Å². The molecule has 66 valence electrons. The van der Waals surface area contributed by atoms with E-state index >= 15 is 0 Å². The van der Waals surface area contributed by atoms with Crippen molar-refractivity contribution in [2.45, 2.75) is 19.0 Å². The number of piperidine rings is 1. The SMILES string of the molecule is FC1CCN(CCNI)CC1.